The van der Waals surface area contributed by atoms with Gasteiger partial charge in [-0.3, -0.25) is 0 Å². The van der Waals surface area contributed by atoms with Crippen molar-refractivity contribution in [1.29, 1.82) is 0 Å². The van der Waals surface area contributed by atoms with E-state index in [1.54, 1.807) is 6.07 Å². The molecule has 0 unspecified atom stereocenters. The molecule has 22 heavy (non-hydrogen) atoms. The van der Waals surface area contributed by atoms with E-state index < -0.39 is 49.4 Å². The fraction of sp³-hybridized carbons (Fsp3) is 0.273. The predicted molar refractivity (Wildman–Crippen MR) is 68.5 cm³/mol. The Bertz CT molecular complexity index is 500. The van der Waals surface area contributed by atoms with Gasteiger partial charge in [0.25, 0.3) is 0 Å². The van der Waals surface area contributed by atoms with Gasteiger partial charge in [0.2, 0.25) is 0 Å². The van der Waals surface area contributed by atoms with Crippen molar-refractivity contribution in [2.24, 2.45) is 0 Å². The van der Waals surface area contributed by atoms with Gasteiger partial charge in [-0.2, -0.15) is 0 Å². The summed E-state index contributed by atoms with van der Waals surface area (Å²) < 4.78 is 80.0. The van der Waals surface area contributed by atoms with Crippen molar-refractivity contribution in [3.8, 4) is 0 Å². The predicted octanol–water partition coefficient (Wildman–Crippen LogP) is 3.73. The topological polar surface area (TPSA) is 52.6 Å². The molecule has 11 heteroatoms. The van der Waals surface area contributed by atoms with E-state index in [2.05, 4.69) is 6.13 Å². The third kappa shape index (κ3) is 6.07. The third-order valence-corrected chi connectivity index (χ3v) is 5.17. The van der Waals surface area contributed by atoms with Crippen LogP contribution in [0.1, 0.15) is 5.56 Å². The summed E-state index contributed by atoms with van der Waals surface area (Å²) in [5.41, 5.74) is 0.276. The zero-order chi connectivity index (χ0) is 17.0. The van der Waals surface area contributed by atoms with Crippen molar-refractivity contribution < 1.29 is 42.1 Å². The van der Waals surface area contributed by atoms with Crippen LogP contribution in [0, 0.1) is 0 Å². The van der Waals surface area contributed by atoms with E-state index >= 15 is 0 Å². The summed E-state index contributed by atoms with van der Waals surface area (Å²) in [7, 11) is 0. The molecule has 0 N–H and O–H groups in total. The number of hydrogen-bond acceptors (Lipinski definition) is 4. The first kappa shape index (κ1) is 18.5. The van der Waals surface area contributed by atoms with E-state index in [4.69, 9.17) is 0 Å². The molecular weight excluding hydrogens is 437 g/mol. The Morgan fingerprint density at radius 1 is 0.864 bits per heavy atom. The maximum atomic E-state index is 12.1. The summed E-state index contributed by atoms with van der Waals surface area (Å²) in [6, 6.07) is 7.27. The van der Waals surface area contributed by atoms with Gasteiger partial charge in [0, 0.05) is 0 Å². The number of rotatable bonds is 4. The van der Waals surface area contributed by atoms with E-state index in [1.807, 2.05) is 0 Å². The molecule has 0 amide bonds. The van der Waals surface area contributed by atoms with Gasteiger partial charge >= 0.3 is 127 Å². The van der Waals surface area contributed by atoms with Crippen molar-refractivity contribution in [2.75, 3.05) is 0 Å². The van der Waals surface area contributed by atoms with Crippen molar-refractivity contribution >= 4 is 32.6 Å². The fourth-order valence-corrected chi connectivity index (χ4v) is 4.03. The second-order valence-corrected chi connectivity index (χ2v) is 6.87. The molecule has 0 aromatic heterocycles. The van der Waals surface area contributed by atoms with Crippen LogP contribution in [-0.4, -0.2) is 24.3 Å². The Labute approximate surface area is 127 Å². The Morgan fingerprint density at radius 2 is 1.27 bits per heavy atom. The SMILES string of the molecule is O=C(OI(Cc1ccccc1)OC(=O)C(F)(F)F)C(F)(F)F. The average Bonchev–Trinajstić information content (AvgIpc) is 2.37. The second kappa shape index (κ2) is 7.15. The number of carbonyl (C=O) groups is 2. The van der Waals surface area contributed by atoms with E-state index in [-0.39, 0.29) is 5.56 Å². The molecule has 0 aliphatic rings. The van der Waals surface area contributed by atoms with Crippen molar-refractivity contribution in [3.63, 3.8) is 0 Å². The van der Waals surface area contributed by atoms with Gasteiger partial charge in [0.15, 0.2) is 0 Å². The van der Waals surface area contributed by atoms with Gasteiger partial charge in [0.05, 0.1) is 0 Å². The molecule has 0 atom stereocenters. The first-order valence-electron chi connectivity index (χ1n) is 5.29. The molecule has 0 aliphatic carbocycles. The molecule has 1 rings (SSSR count). The van der Waals surface area contributed by atoms with Crippen LogP contribution in [0.15, 0.2) is 30.3 Å². The standard InChI is InChI=1S/C11H7F6IO4/c12-10(13,14)8(19)21-18(22-9(20)11(15,16)17)6-7-4-2-1-3-5-7/h1-5H,6H2. The van der Waals surface area contributed by atoms with E-state index in [0.29, 0.717) is 0 Å². The van der Waals surface area contributed by atoms with Crippen LogP contribution in [0.2, 0.25) is 0 Å². The normalized spacial score (nSPS) is 12.5. The maximum absolute atomic E-state index is 12.1. The Kier molecular flexibility index (Phi) is 6.02. The molecular formula is C11H7F6IO4. The first-order valence-corrected chi connectivity index (χ1v) is 8.58. The number of carbonyl (C=O) groups excluding carboxylic acids is 2. The summed E-state index contributed by atoms with van der Waals surface area (Å²) >= 11 is -4.11. The van der Waals surface area contributed by atoms with Gasteiger partial charge < -0.3 is 0 Å². The number of hydrogen-bond donors (Lipinski definition) is 0. The Balaban J connectivity index is 2.85. The molecule has 1 aromatic rings. The van der Waals surface area contributed by atoms with Crippen LogP contribution in [0.25, 0.3) is 0 Å². The molecule has 0 saturated carbocycles. The van der Waals surface area contributed by atoms with Gasteiger partial charge in [-0.25, -0.2) is 0 Å². The van der Waals surface area contributed by atoms with Crippen LogP contribution in [0.5, 0.6) is 0 Å². The summed E-state index contributed by atoms with van der Waals surface area (Å²) in [4.78, 5) is 21.4. The Hall–Kier alpha value is -1.53. The van der Waals surface area contributed by atoms with Crippen LogP contribution >= 0.6 is 20.6 Å². The van der Waals surface area contributed by atoms with Crippen molar-refractivity contribution in [3.05, 3.63) is 35.9 Å². The van der Waals surface area contributed by atoms with Gasteiger partial charge in [-0.1, -0.05) is 0 Å². The molecule has 4 nitrogen and oxygen atoms in total. The van der Waals surface area contributed by atoms with Crippen LogP contribution in [-0.2, 0) is 20.1 Å². The first-order chi connectivity index (χ1) is 10.00. The molecule has 0 aliphatic heterocycles. The van der Waals surface area contributed by atoms with Gasteiger partial charge in [-0.05, 0) is 0 Å². The zero-order valence-electron chi connectivity index (χ0n) is 10.4. The minimum atomic E-state index is -5.39. The van der Waals surface area contributed by atoms with Gasteiger partial charge in [0.1, 0.15) is 0 Å². The summed E-state index contributed by atoms with van der Waals surface area (Å²) in [6.07, 6.45) is -10.8. The van der Waals surface area contributed by atoms with Crippen LogP contribution in [0.3, 0.4) is 0 Å². The second-order valence-electron chi connectivity index (χ2n) is 3.63. The van der Waals surface area contributed by atoms with E-state index in [9.17, 15) is 35.9 Å². The number of halogens is 7. The minimum absolute atomic E-state index is 0.276. The summed E-state index contributed by atoms with van der Waals surface area (Å²) in [6.45, 7) is 0. The van der Waals surface area contributed by atoms with Crippen molar-refractivity contribution in [2.45, 2.75) is 16.8 Å². The summed E-state index contributed by atoms with van der Waals surface area (Å²) in [5, 5.41) is 0. The number of alkyl halides is 7. The van der Waals surface area contributed by atoms with Gasteiger partial charge in [-0.15, -0.1) is 0 Å². The zero-order valence-corrected chi connectivity index (χ0v) is 12.5. The van der Waals surface area contributed by atoms with E-state index in [0.717, 1.165) is 0 Å². The average molecular weight is 444 g/mol. The van der Waals surface area contributed by atoms with Crippen LogP contribution in [0.4, 0.5) is 26.3 Å². The number of benzene rings is 1. The molecule has 0 fully saturated rings. The molecule has 0 spiro atoms. The van der Waals surface area contributed by atoms with Crippen LogP contribution < -0.4 is 0 Å². The molecule has 0 bridgehead atoms. The third-order valence-electron chi connectivity index (χ3n) is 1.88. The fourth-order valence-electron chi connectivity index (χ4n) is 1.01. The molecule has 124 valence electrons. The molecule has 0 heterocycles. The molecule has 1 aromatic carbocycles. The van der Waals surface area contributed by atoms with Crippen molar-refractivity contribution in [1.82, 2.24) is 0 Å². The molecule has 0 radical (unpaired) electrons. The summed E-state index contributed by atoms with van der Waals surface area (Å²) in [5.74, 6) is -5.38. The Morgan fingerprint density at radius 3 is 1.64 bits per heavy atom. The quantitative estimate of drug-likeness (QED) is 0.404. The van der Waals surface area contributed by atoms with E-state index in [1.165, 1.54) is 24.3 Å². The monoisotopic (exact) mass is 444 g/mol. The molecule has 0 saturated heterocycles.